The first-order chi connectivity index (χ1) is 9.63. The molecule has 0 saturated carbocycles. The number of nitrogens with two attached hydrogens (primary N) is 2. The van der Waals surface area contributed by atoms with E-state index in [0.717, 1.165) is 11.3 Å². The number of carbonyl (C=O) groups is 1. The van der Waals surface area contributed by atoms with Crippen LogP contribution >= 0.6 is 0 Å². The Morgan fingerprint density at radius 1 is 1.15 bits per heavy atom. The molecule has 2 rings (SSSR count). The molecule has 0 radical (unpaired) electrons. The molecule has 0 aliphatic heterocycles. The minimum atomic E-state index is -0.545. The molecule has 104 valence electrons. The molecule has 5 heteroatoms. The number of carbonyl (C=O) groups excluding carboxylic acids is 1. The number of hydrogen-bond donors (Lipinski definition) is 3. The number of para-hydroxylation sites is 2. The summed E-state index contributed by atoms with van der Waals surface area (Å²) < 4.78 is 5.15. The van der Waals surface area contributed by atoms with Gasteiger partial charge in [0.15, 0.2) is 0 Å². The number of rotatable bonds is 5. The summed E-state index contributed by atoms with van der Waals surface area (Å²) in [6, 6.07) is 12.9. The van der Waals surface area contributed by atoms with E-state index in [2.05, 4.69) is 5.32 Å². The van der Waals surface area contributed by atoms with Crippen molar-refractivity contribution in [3.63, 3.8) is 0 Å². The van der Waals surface area contributed by atoms with Crippen LogP contribution in [-0.2, 0) is 11.3 Å². The summed E-state index contributed by atoms with van der Waals surface area (Å²) in [5, 5.41) is 3.21. The van der Waals surface area contributed by atoms with Crippen LogP contribution in [0, 0.1) is 0 Å². The number of amides is 1. The third-order valence-electron chi connectivity index (χ3n) is 2.96. The van der Waals surface area contributed by atoms with Crippen LogP contribution in [0.3, 0.4) is 0 Å². The van der Waals surface area contributed by atoms with Crippen LogP contribution in [0.25, 0.3) is 0 Å². The van der Waals surface area contributed by atoms with Crippen LogP contribution in [0.1, 0.15) is 15.9 Å². The Bertz CT molecular complexity index is 626. The van der Waals surface area contributed by atoms with Gasteiger partial charge in [0, 0.05) is 18.4 Å². The summed E-state index contributed by atoms with van der Waals surface area (Å²) in [5.41, 5.74) is 14.4. The fourth-order valence-corrected chi connectivity index (χ4v) is 1.96. The van der Waals surface area contributed by atoms with E-state index in [4.69, 9.17) is 16.2 Å². The van der Waals surface area contributed by atoms with Gasteiger partial charge in [-0.25, -0.2) is 0 Å². The first-order valence-electron chi connectivity index (χ1n) is 6.15. The zero-order valence-electron chi connectivity index (χ0n) is 11.2. The molecular weight excluding hydrogens is 254 g/mol. The highest BCUT2D eigenvalue weighted by atomic mass is 16.5. The van der Waals surface area contributed by atoms with Crippen LogP contribution in [0.2, 0.25) is 0 Å². The fourth-order valence-electron chi connectivity index (χ4n) is 1.96. The first-order valence-corrected chi connectivity index (χ1v) is 6.15. The predicted molar refractivity (Wildman–Crippen MR) is 79.8 cm³/mol. The molecule has 0 heterocycles. The lowest BCUT2D eigenvalue weighted by molar-refractivity contribution is 0.100. The van der Waals surface area contributed by atoms with Crippen molar-refractivity contribution in [3.05, 3.63) is 53.6 Å². The Kier molecular flexibility index (Phi) is 4.22. The van der Waals surface area contributed by atoms with Crippen molar-refractivity contribution in [1.29, 1.82) is 0 Å². The second kappa shape index (κ2) is 6.08. The summed E-state index contributed by atoms with van der Waals surface area (Å²) in [5.74, 6) is -0.545. The van der Waals surface area contributed by atoms with Gasteiger partial charge in [-0.05, 0) is 18.2 Å². The molecule has 2 aromatic rings. The van der Waals surface area contributed by atoms with Crippen molar-refractivity contribution in [2.75, 3.05) is 18.2 Å². The van der Waals surface area contributed by atoms with Gasteiger partial charge in [-0.3, -0.25) is 4.79 Å². The Hall–Kier alpha value is -2.53. The average Bonchev–Trinajstić information content (AvgIpc) is 2.43. The van der Waals surface area contributed by atoms with Gasteiger partial charge in [0.05, 0.1) is 23.5 Å². The number of ether oxygens (including phenoxy) is 1. The summed E-state index contributed by atoms with van der Waals surface area (Å²) in [6.45, 7) is 0.485. The van der Waals surface area contributed by atoms with Gasteiger partial charge in [-0.1, -0.05) is 24.3 Å². The number of anilines is 3. The standard InChI is InChI=1S/C15H17N3O2/c1-20-9-10-5-2-3-7-12(10)18-13-8-4-6-11(14(13)16)15(17)19/h2-8,18H,9,16H2,1H3,(H2,17,19). The number of methoxy groups -OCH3 is 1. The molecule has 5 nitrogen and oxygen atoms in total. The van der Waals surface area contributed by atoms with Gasteiger partial charge in [0.1, 0.15) is 0 Å². The van der Waals surface area contributed by atoms with Gasteiger partial charge in [-0.2, -0.15) is 0 Å². The van der Waals surface area contributed by atoms with Crippen molar-refractivity contribution in [3.8, 4) is 0 Å². The molecule has 0 fully saturated rings. The van der Waals surface area contributed by atoms with Gasteiger partial charge in [0.2, 0.25) is 0 Å². The summed E-state index contributed by atoms with van der Waals surface area (Å²) in [6.07, 6.45) is 0. The van der Waals surface area contributed by atoms with E-state index in [1.54, 1.807) is 25.3 Å². The highest BCUT2D eigenvalue weighted by molar-refractivity contribution is 6.01. The molecule has 1 amide bonds. The Labute approximate surface area is 117 Å². The lowest BCUT2D eigenvalue weighted by atomic mass is 10.1. The molecule has 0 spiro atoms. The summed E-state index contributed by atoms with van der Waals surface area (Å²) in [7, 11) is 1.64. The van der Waals surface area contributed by atoms with Gasteiger partial charge in [0.25, 0.3) is 5.91 Å². The van der Waals surface area contributed by atoms with Crippen molar-refractivity contribution < 1.29 is 9.53 Å². The number of nitrogens with one attached hydrogen (secondary N) is 1. The molecule has 0 aromatic heterocycles. The quantitative estimate of drug-likeness (QED) is 0.727. The number of primary amides is 1. The van der Waals surface area contributed by atoms with Gasteiger partial charge in [-0.15, -0.1) is 0 Å². The van der Waals surface area contributed by atoms with E-state index in [1.165, 1.54) is 0 Å². The fraction of sp³-hybridized carbons (Fsp3) is 0.133. The number of hydrogen-bond acceptors (Lipinski definition) is 4. The minimum absolute atomic E-state index is 0.305. The Morgan fingerprint density at radius 2 is 1.85 bits per heavy atom. The predicted octanol–water partition coefficient (Wildman–Crippen LogP) is 2.26. The molecule has 0 aliphatic carbocycles. The maximum Gasteiger partial charge on any atom is 0.250 e. The molecule has 0 bridgehead atoms. The largest absolute Gasteiger partial charge is 0.396 e. The first kappa shape index (κ1) is 13.9. The second-order valence-electron chi connectivity index (χ2n) is 4.35. The lowest BCUT2D eigenvalue weighted by Crippen LogP contribution is -2.14. The normalized spacial score (nSPS) is 10.2. The topological polar surface area (TPSA) is 90.4 Å². The van der Waals surface area contributed by atoms with Crippen LogP contribution in [0.5, 0.6) is 0 Å². The lowest BCUT2D eigenvalue weighted by Gasteiger charge is -2.14. The maximum atomic E-state index is 11.3. The second-order valence-corrected chi connectivity index (χ2v) is 4.35. The SMILES string of the molecule is COCc1ccccc1Nc1cccc(C(N)=O)c1N. The highest BCUT2D eigenvalue weighted by Crippen LogP contribution is 2.28. The maximum absolute atomic E-state index is 11.3. The van der Waals surface area contributed by atoms with Crippen LogP contribution in [-0.4, -0.2) is 13.0 Å². The molecule has 20 heavy (non-hydrogen) atoms. The monoisotopic (exact) mass is 271 g/mol. The van der Waals surface area contributed by atoms with Gasteiger partial charge >= 0.3 is 0 Å². The minimum Gasteiger partial charge on any atom is -0.396 e. The molecule has 0 aliphatic rings. The van der Waals surface area contributed by atoms with Crippen LogP contribution in [0.4, 0.5) is 17.1 Å². The summed E-state index contributed by atoms with van der Waals surface area (Å²) >= 11 is 0. The smallest absolute Gasteiger partial charge is 0.250 e. The van der Waals surface area contributed by atoms with E-state index in [9.17, 15) is 4.79 Å². The molecule has 2 aromatic carbocycles. The third kappa shape index (κ3) is 2.89. The Morgan fingerprint density at radius 3 is 2.55 bits per heavy atom. The summed E-state index contributed by atoms with van der Waals surface area (Å²) in [4.78, 5) is 11.3. The molecule has 5 N–H and O–H groups in total. The molecule has 0 unspecified atom stereocenters. The zero-order valence-corrected chi connectivity index (χ0v) is 11.2. The Balaban J connectivity index is 2.35. The zero-order chi connectivity index (χ0) is 14.5. The van der Waals surface area contributed by atoms with Crippen molar-refractivity contribution in [1.82, 2.24) is 0 Å². The molecule has 0 atom stereocenters. The number of benzene rings is 2. The third-order valence-corrected chi connectivity index (χ3v) is 2.96. The highest BCUT2D eigenvalue weighted by Gasteiger charge is 2.10. The van der Waals surface area contributed by atoms with E-state index in [0.29, 0.717) is 23.5 Å². The molecule has 0 saturated heterocycles. The molecular formula is C15H17N3O2. The average molecular weight is 271 g/mol. The van der Waals surface area contributed by atoms with Crippen molar-refractivity contribution in [2.45, 2.75) is 6.61 Å². The van der Waals surface area contributed by atoms with Gasteiger partial charge < -0.3 is 21.5 Å². The number of nitrogen functional groups attached to an aromatic ring is 1. The van der Waals surface area contributed by atoms with E-state index in [1.807, 2.05) is 24.3 Å². The van der Waals surface area contributed by atoms with Crippen molar-refractivity contribution in [2.24, 2.45) is 5.73 Å². The van der Waals surface area contributed by atoms with Crippen molar-refractivity contribution >= 4 is 23.0 Å². The van der Waals surface area contributed by atoms with Crippen LogP contribution < -0.4 is 16.8 Å². The van der Waals surface area contributed by atoms with E-state index >= 15 is 0 Å². The van der Waals surface area contributed by atoms with E-state index < -0.39 is 5.91 Å². The van der Waals surface area contributed by atoms with Crippen LogP contribution in [0.15, 0.2) is 42.5 Å². The van der Waals surface area contributed by atoms with E-state index in [-0.39, 0.29) is 0 Å².